The minimum atomic E-state index is 0.179. The number of aromatic amines is 1. The fourth-order valence-corrected chi connectivity index (χ4v) is 2.00. The molecule has 3 aromatic rings. The number of aromatic hydroxyl groups is 1. The van der Waals surface area contributed by atoms with E-state index in [0.29, 0.717) is 22.8 Å². The van der Waals surface area contributed by atoms with Crippen LogP contribution in [0.25, 0.3) is 22.2 Å². The second kappa shape index (κ2) is 3.73. The predicted octanol–water partition coefficient (Wildman–Crippen LogP) is 2.22. The van der Waals surface area contributed by atoms with Crippen LogP contribution in [-0.4, -0.2) is 20.1 Å². The highest BCUT2D eigenvalue weighted by Crippen LogP contribution is 2.36. The number of nitrogen functional groups attached to an aromatic ring is 1. The average Bonchev–Trinajstić information content (AvgIpc) is 2.82. The van der Waals surface area contributed by atoms with Crippen molar-refractivity contribution in [2.45, 2.75) is 6.92 Å². The first-order valence-electron chi connectivity index (χ1n) is 5.55. The number of hydrogen-bond donors (Lipinski definition) is 3. The molecule has 0 aliphatic rings. The van der Waals surface area contributed by atoms with Crippen LogP contribution in [0, 0.1) is 6.92 Å². The molecule has 4 N–H and O–H groups in total. The van der Waals surface area contributed by atoms with Gasteiger partial charge in [-0.1, -0.05) is 0 Å². The molecule has 5 heteroatoms. The molecule has 1 aromatic carbocycles. The monoisotopic (exact) mass is 240 g/mol. The lowest BCUT2D eigenvalue weighted by Gasteiger charge is -2.08. The van der Waals surface area contributed by atoms with Crippen LogP contribution in [0.1, 0.15) is 5.82 Å². The van der Waals surface area contributed by atoms with Crippen molar-refractivity contribution in [1.82, 2.24) is 15.0 Å². The van der Waals surface area contributed by atoms with Gasteiger partial charge in [0.25, 0.3) is 0 Å². The molecule has 0 atom stereocenters. The van der Waals surface area contributed by atoms with E-state index in [9.17, 15) is 5.11 Å². The average molecular weight is 240 g/mol. The summed E-state index contributed by atoms with van der Waals surface area (Å²) in [6, 6.07) is 5.51. The molecule has 0 spiro atoms. The van der Waals surface area contributed by atoms with Gasteiger partial charge in [0, 0.05) is 22.7 Å². The van der Waals surface area contributed by atoms with E-state index in [-0.39, 0.29) is 5.75 Å². The van der Waals surface area contributed by atoms with Crippen LogP contribution in [0.2, 0.25) is 0 Å². The van der Waals surface area contributed by atoms with Gasteiger partial charge in [-0.15, -0.1) is 0 Å². The minimum Gasteiger partial charge on any atom is -0.507 e. The number of aryl methyl sites for hydroxylation is 1. The number of fused-ring (bicyclic) bond motifs is 1. The van der Waals surface area contributed by atoms with Crippen molar-refractivity contribution in [2.24, 2.45) is 0 Å². The summed E-state index contributed by atoms with van der Waals surface area (Å²) in [7, 11) is 0. The number of nitrogens with two attached hydrogens (primary N) is 1. The van der Waals surface area contributed by atoms with Gasteiger partial charge in [0.15, 0.2) is 0 Å². The molecule has 0 unspecified atom stereocenters. The number of nitrogens with zero attached hydrogens (tertiary/aromatic N) is 2. The van der Waals surface area contributed by atoms with Gasteiger partial charge < -0.3 is 15.8 Å². The molecule has 5 nitrogen and oxygen atoms in total. The molecule has 2 heterocycles. The Kier molecular flexibility index (Phi) is 2.19. The molecule has 0 aliphatic heterocycles. The molecule has 90 valence electrons. The maximum atomic E-state index is 10.3. The molecule has 0 aliphatic carbocycles. The Labute approximate surface area is 103 Å². The van der Waals surface area contributed by atoms with Crippen LogP contribution in [0.15, 0.2) is 30.6 Å². The van der Waals surface area contributed by atoms with E-state index >= 15 is 0 Å². The lowest BCUT2D eigenvalue weighted by molar-refractivity contribution is 0.483. The van der Waals surface area contributed by atoms with E-state index in [1.165, 1.54) is 0 Å². The van der Waals surface area contributed by atoms with Gasteiger partial charge in [0.05, 0.1) is 11.9 Å². The predicted molar refractivity (Wildman–Crippen MR) is 70.1 cm³/mol. The van der Waals surface area contributed by atoms with E-state index in [0.717, 1.165) is 10.9 Å². The summed E-state index contributed by atoms with van der Waals surface area (Å²) in [6.07, 6.45) is 3.33. The first-order valence-corrected chi connectivity index (χ1v) is 5.55. The number of rotatable bonds is 1. The lowest BCUT2D eigenvalue weighted by Crippen LogP contribution is -1.98. The second-order valence-corrected chi connectivity index (χ2v) is 4.12. The third-order valence-electron chi connectivity index (χ3n) is 2.90. The Hall–Kier alpha value is -2.56. The maximum absolute atomic E-state index is 10.3. The fraction of sp³-hybridized carbons (Fsp3) is 0.0769. The maximum Gasteiger partial charge on any atom is 0.134 e. The molecular formula is C13H12N4O. The summed E-state index contributed by atoms with van der Waals surface area (Å²) in [5.41, 5.74) is 8.37. The number of nitrogens with one attached hydrogen (secondary N) is 1. The largest absolute Gasteiger partial charge is 0.507 e. The third-order valence-corrected chi connectivity index (χ3v) is 2.90. The fourth-order valence-electron chi connectivity index (χ4n) is 2.00. The summed E-state index contributed by atoms with van der Waals surface area (Å²) in [4.78, 5) is 11.4. The van der Waals surface area contributed by atoms with Gasteiger partial charge in [-0.05, 0) is 25.1 Å². The highest BCUT2D eigenvalue weighted by Gasteiger charge is 2.13. The van der Waals surface area contributed by atoms with E-state index in [4.69, 9.17) is 5.73 Å². The van der Waals surface area contributed by atoms with Crippen molar-refractivity contribution < 1.29 is 5.11 Å². The standard InChI is InChI=1S/C13H12N4O/c1-7-16-6-10(14)12(17-7)9-2-3-11-8(13(9)18)4-5-15-11/h2-6,15,18H,14H2,1H3. The third kappa shape index (κ3) is 1.48. The smallest absolute Gasteiger partial charge is 0.134 e. The number of phenols is 1. The van der Waals surface area contributed by atoms with Crippen LogP contribution in [-0.2, 0) is 0 Å². The molecule has 0 amide bonds. The van der Waals surface area contributed by atoms with Gasteiger partial charge in [0.1, 0.15) is 17.3 Å². The Morgan fingerprint density at radius 1 is 1.28 bits per heavy atom. The van der Waals surface area contributed by atoms with Crippen molar-refractivity contribution >= 4 is 16.6 Å². The topological polar surface area (TPSA) is 87.8 Å². The van der Waals surface area contributed by atoms with Crippen molar-refractivity contribution in [1.29, 1.82) is 0 Å². The summed E-state index contributed by atoms with van der Waals surface area (Å²) < 4.78 is 0. The number of aromatic nitrogens is 3. The van der Waals surface area contributed by atoms with Gasteiger partial charge in [-0.3, -0.25) is 0 Å². The summed E-state index contributed by atoms with van der Waals surface area (Å²) in [5, 5.41) is 11.0. The van der Waals surface area contributed by atoms with Gasteiger partial charge in [-0.2, -0.15) is 0 Å². The Morgan fingerprint density at radius 3 is 2.94 bits per heavy atom. The first-order chi connectivity index (χ1) is 8.66. The molecule has 2 aromatic heterocycles. The number of H-pyrrole nitrogens is 1. The van der Waals surface area contributed by atoms with Crippen LogP contribution < -0.4 is 5.73 Å². The summed E-state index contributed by atoms with van der Waals surface area (Å²) in [5.74, 6) is 0.798. The zero-order valence-corrected chi connectivity index (χ0v) is 9.81. The Morgan fingerprint density at radius 2 is 2.11 bits per heavy atom. The van der Waals surface area contributed by atoms with Gasteiger partial charge in [0.2, 0.25) is 0 Å². The number of phenolic OH excluding ortho intramolecular Hbond substituents is 1. The van der Waals surface area contributed by atoms with Gasteiger partial charge >= 0.3 is 0 Å². The summed E-state index contributed by atoms with van der Waals surface area (Å²) in [6.45, 7) is 1.79. The highest BCUT2D eigenvalue weighted by molar-refractivity contribution is 5.94. The normalized spacial score (nSPS) is 10.9. The van der Waals surface area contributed by atoms with E-state index < -0.39 is 0 Å². The van der Waals surface area contributed by atoms with Crippen molar-refractivity contribution in [3.63, 3.8) is 0 Å². The van der Waals surface area contributed by atoms with E-state index in [2.05, 4.69) is 15.0 Å². The molecule has 0 fully saturated rings. The van der Waals surface area contributed by atoms with E-state index in [1.807, 2.05) is 12.1 Å². The second-order valence-electron chi connectivity index (χ2n) is 4.12. The van der Waals surface area contributed by atoms with Gasteiger partial charge in [-0.25, -0.2) is 9.97 Å². The number of hydrogen-bond acceptors (Lipinski definition) is 4. The number of benzene rings is 1. The quantitative estimate of drug-likeness (QED) is 0.608. The minimum absolute atomic E-state index is 0.179. The Balaban J connectivity index is 2.31. The molecule has 0 saturated carbocycles. The van der Waals surface area contributed by atoms with Crippen molar-refractivity contribution in [3.8, 4) is 17.0 Å². The molecule has 0 saturated heterocycles. The summed E-state index contributed by atoms with van der Waals surface area (Å²) >= 11 is 0. The van der Waals surface area contributed by atoms with Crippen LogP contribution in [0.4, 0.5) is 5.69 Å². The van der Waals surface area contributed by atoms with Crippen LogP contribution in [0.3, 0.4) is 0 Å². The van der Waals surface area contributed by atoms with Crippen LogP contribution >= 0.6 is 0 Å². The molecular weight excluding hydrogens is 228 g/mol. The zero-order chi connectivity index (χ0) is 12.7. The highest BCUT2D eigenvalue weighted by atomic mass is 16.3. The lowest BCUT2D eigenvalue weighted by atomic mass is 10.1. The van der Waals surface area contributed by atoms with Crippen LogP contribution in [0.5, 0.6) is 5.75 Å². The van der Waals surface area contributed by atoms with E-state index in [1.54, 1.807) is 25.4 Å². The molecule has 0 radical (unpaired) electrons. The molecule has 0 bridgehead atoms. The SMILES string of the molecule is Cc1ncc(N)c(-c2ccc3[nH]ccc3c2O)n1. The Bertz CT molecular complexity index is 733. The first kappa shape index (κ1) is 10.6. The van der Waals surface area contributed by atoms with Crippen molar-refractivity contribution in [2.75, 3.05) is 5.73 Å². The molecule has 18 heavy (non-hydrogen) atoms. The molecule has 3 rings (SSSR count). The number of anilines is 1. The zero-order valence-electron chi connectivity index (χ0n) is 9.81. The van der Waals surface area contributed by atoms with Crippen molar-refractivity contribution in [3.05, 3.63) is 36.4 Å².